The fourth-order valence-corrected chi connectivity index (χ4v) is 2.66. The topological polar surface area (TPSA) is 46.2 Å². The smallest absolute Gasteiger partial charge is 0.261 e. The summed E-state index contributed by atoms with van der Waals surface area (Å²) in [6.45, 7) is 0. The molecule has 0 heterocycles. The molecule has 2 aromatic rings. The first-order valence-corrected chi connectivity index (χ1v) is 6.68. The molecule has 3 nitrogen and oxygen atoms in total. The van der Waals surface area contributed by atoms with Gasteiger partial charge in [-0.1, -0.05) is 29.8 Å². The van der Waals surface area contributed by atoms with Gasteiger partial charge < -0.3 is 0 Å². The van der Waals surface area contributed by atoms with Crippen LogP contribution in [0, 0.1) is 6.07 Å². The normalized spacial score (nSPS) is 11.1. The van der Waals surface area contributed by atoms with Crippen molar-refractivity contribution in [3.8, 4) is 0 Å². The Kier molecular flexibility index (Phi) is 3.36. The van der Waals surface area contributed by atoms with E-state index in [2.05, 4.69) is 10.8 Å². The standard InChI is InChI=1S/C12H9ClNO2S/c13-10-5-4-8-12(9-10)17(15,16)14-11-6-2-1-3-7-11/h2-9,14H. The monoisotopic (exact) mass is 266 g/mol. The number of sulfonamides is 1. The summed E-state index contributed by atoms with van der Waals surface area (Å²) in [4.78, 5) is 0.137. The van der Waals surface area contributed by atoms with E-state index in [1.165, 1.54) is 12.1 Å². The molecule has 5 heteroatoms. The highest BCUT2D eigenvalue weighted by molar-refractivity contribution is 7.92. The van der Waals surface area contributed by atoms with Gasteiger partial charge in [0.05, 0.1) is 4.90 Å². The van der Waals surface area contributed by atoms with Crippen LogP contribution in [0.2, 0.25) is 5.02 Å². The lowest BCUT2D eigenvalue weighted by Gasteiger charge is -2.07. The van der Waals surface area contributed by atoms with Crippen molar-refractivity contribution in [3.63, 3.8) is 0 Å². The Labute approximate surface area is 105 Å². The second-order valence-electron chi connectivity index (χ2n) is 3.35. The van der Waals surface area contributed by atoms with E-state index in [-0.39, 0.29) is 4.90 Å². The molecule has 2 rings (SSSR count). The third kappa shape index (κ3) is 2.99. The largest absolute Gasteiger partial charge is 0.280 e. The van der Waals surface area contributed by atoms with Crippen LogP contribution >= 0.6 is 11.6 Å². The van der Waals surface area contributed by atoms with Crippen LogP contribution in [0.3, 0.4) is 0 Å². The SMILES string of the molecule is O=S(=O)(Nc1cc[c]cc1)c1cccc(Cl)c1. The van der Waals surface area contributed by atoms with Gasteiger partial charge in [0.1, 0.15) is 0 Å². The molecule has 1 radical (unpaired) electrons. The zero-order valence-electron chi connectivity index (χ0n) is 8.72. The van der Waals surface area contributed by atoms with Crippen molar-refractivity contribution < 1.29 is 8.42 Å². The van der Waals surface area contributed by atoms with Crippen LogP contribution in [-0.2, 0) is 10.0 Å². The zero-order chi connectivity index (χ0) is 12.3. The summed E-state index contributed by atoms with van der Waals surface area (Å²) in [5, 5.41) is 0.384. The van der Waals surface area contributed by atoms with E-state index in [9.17, 15) is 8.42 Å². The minimum Gasteiger partial charge on any atom is -0.280 e. The molecule has 0 saturated carbocycles. The summed E-state index contributed by atoms with van der Waals surface area (Å²) in [5.74, 6) is 0. The van der Waals surface area contributed by atoms with Crippen LogP contribution in [0.4, 0.5) is 5.69 Å². The van der Waals surface area contributed by atoms with E-state index in [4.69, 9.17) is 11.6 Å². The van der Waals surface area contributed by atoms with Crippen LogP contribution in [0.25, 0.3) is 0 Å². The Bertz CT molecular complexity index is 611. The molecule has 0 amide bonds. The van der Waals surface area contributed by atoms with Gasteiger partial charge in [0.15, 0.2) is 0 Å². The number of hydrogen-bond donors (Lipinski definition) is 1. The summed E-state index contributed by atoms with van der Waals surface area (Å²) in [6.07, 6.45) is 0. The summed E-state index contributed by atoms with van der Waals surface area (Å²) in [7, 11) is -3.58. The van der Waals surface area contributed by atoms with Crippen molar-refractivity contribution in [1.82, 2.24) is 0 Å². The third-order valence-electron chi connectivity index (χ3n) is 2.08. The highest BCUT2D eigenvalue weighted by atomic mass is 35.5. The average molecular weight is 267 g/mol. The molecule has 0 fully saturated rings. The number of nitrogens with one attached hydrogen (secondary N) is 1. The lowest BCUT2D eigenvalue weighted by Crippen LogP contribution is -2.12. The predicted octanol–water partition coefficient (Wildman–Crippen LogP) is 2.94. The van der Waals surface area contributed by atoms with E-state index in [0.717, 1.165) is 0 Å². The quantitative estimate of drug-likeness (QED) is 0.928. The molecule has 2 aromatic carbocycles. The van der Waals surface area contributed by atoms with Gasteiger partial charge in [0, 0.05) is 10.7 Å². The molecule has 0 unspecified atom stereocenters. The Morgan fingerprint density at radius 3 is 2.47 bits per heavy atom. The zero-order valence-corrected chi connectivity index (χ0v) is 10.3. The molecule has 0 spiro atoms. The molecule has 0 aromatic heterocycles. The number of anilines is 1. The van der Waals surface area contributed by atoms with Gasteiger partial charge in [0.2, 0.25) is 0 Å². The first kappa shape index (κ1) is 12.0. The minimum atomic E-state index is -3.58. The Balaban J connectivity index is 2.32. The number of benzene rings is 2. The van der Waals surface area contributed by atoms with Gasteiger partial charge >= 0.3 is 0 Å². The van der Waals surface area contributed by atoms with Crippen molar-refractivity contribution in [1.29, 1.82) is 0 Å². The Morgan fingerprint density at radius 2 is 1.82 bits per heavy atom. The van der Waals surface area contributed by atoms with E-state index in [0.29, 0.717) is 10.7 Å². The summed E-state index contributed by atoms with van der Waals surface area (Å²) in [6, 6.07) is 15.4. The fourth-order valence-electron chi connectivity index (χ4n) is 1.30. The number of rotatable bonds is 3. The molecule has 0 bridgehead atoms. The van der Waals surface area contributed by atoms with E-state index < -0.39 is 10.0 Å². The van der Waals surface area contributed by atoms with Gasteiger partial charge in [-0.25, -0.2) is 8.42 Å². The van der Waals surface area contributed by atoms with Crippen LogP contribution < -0.4 is 4.72 Å². The molecule has 0 aliphatic carbocycles. The lowest BCUT2D eigenvalue weighted by molar-refractivity contribution is 0.601. The van der Waals surface area contributed by atoms with Gasteiger partial charge in [-0.3, -0.25) is 4.72 Å². The first-order chi connectivity index (χ1) is 8.08. The molecule has 17 heavy (non-hydrogen) atoms. The average Bonchev–Trinajstić information content (AvgIpc) is 2.30. The van der Waals surface area contributed by atoms with Gasteiger partial charge in [-0.15, -0.1) is 0 Å². The Morgan fingerprint density at radius 1 is 1.12 bits per heavy atom. The summed E-state index contributed by atoms with van der Waals surface area (Å²) >= 11 is 5.76. The van der Waals surface area contributed by atoms with Crippen LogP contribution in [0.15, 0.2) is 53.4 Å². The lowest BCUT2D eigenvalue weighted by atomic mass is 10.3. The second kappa shape index (κ2) is 4.77. The summed E-state index contributed by atoms with van der Waals surface area (Å²) < 4.78 is 26.4. The summed E-state index contributed by atoms with van der Waals surface area (Å²) in [5.41, 5.74) is 0.490. The van der Waals surface area contributed by atoms with Gasteiger partial charge in [0.25, 0.3) is 10.0 Å². The third-order valence-corrected chi connectivity index (χ3v) is 3.69. The fraction of sp³-hybridized carbons (Fsp3) is 0. The maximum Gasteiger partial charge on any atom is 0.261 e. The van der Waals surface area contributed by atoms with E-state index in [1.807, 2.05) is 0 Å². The molecule has 1 N–H and O–H groups in total. The molecule has 0 atom stereocenters. The van der Waals surface area contributed by atoms with Crippen LogP contribution in [0.1, 0.15) is 0 Å². The van der Waals surface area contributed by atoms with Crippen molar-refractivity contribution in [3.05, 3.63) is 59.6 Å². The molecule has 0 aliphatic rings. The maximum absolute atomic E-state index is 12.0. The first-order valence-electron chi connectivity index (χ1n) is 4.82. The second-order valence-corrected chi connectivity index (χ2v) is 5.47. The van der Waals surface area contributed by atoms with Crippen molar-refractivity contribution >= 4 is 27.3 Å². The number of hydrogen-bond acceptors (Lipinski definition) is 2. The van der Waals surface area contributed by atoms with Crippen molar-refractivity contribution in [2.45, 2.75) is 4.90 Å². The maximum atomic E-state index is 12.0. The molecule has 0 saturated heterocycles. The van der Waals surface area contributed by atoms with Crippen LogP contribution in [-0.4, -0.2) is 8.42 Å². The molecule has 0 aliphatic heterocycles. The highest BCUT2D eigenvalue weighted by Crippen LogP contribution is 2.18. The van der Waals surface area contributed by atoms with Crippen molar-refractivity contribution in [2.24, 2.45) is 0 Å². The predicted molar refractivity (Wildman–Crippen MR) is 67.5 cm³/mol. The van der Waals surface area contributed by atoms with E-state index in [1.54, 1.807) is 36.4 Å². The van der Waals surface area contributed by atoms with E-state index >= 15 is 0 Å². The van der Waals surface area contributed by atoms with Crippen molar-refractivity contribution in [2.75, 3.05) is 4.72 Å². The highest BCUT2D eigenvalue weighted by Gasteiger charge is 2.13. The molecular weight excluding hydrogens is 258 g/mol. The minimum absolute atomic E-state index is 0.137. The Hall–Kier alpha value is -1.52. The van der Waals surface area contributed by atoms with Crippen LogP contribution in [0.5, 0.6) is 0 Å². The molecular formula is C12H9ClNO2S. The molecule has 87 valence electrons. The van der Waals surface area contributed by atoms with Gasteiger partial charge in [-0.2, -0.15) is 0 Å². The number of halogens is 1. The van der Waals surface area contributed by atoms with Gasteiger partial charge in [-0.05, 0) is 36.4 Å².